The maximum absolute atomic E-state index is 11.4. The molecule has 6 heteroatoms. The Morgan fingerprint density at radius 1 is 1.44 bits per heavy atom. The fourth-order valence-corrected chi connectivity index (χ4v) is 2.23. The average Bonchev–Trinajstić information content (AvgIpc) is 2.78. The number of rotatable bonds is 4. The van der Waals surface area contributed by atoms with Gasteiger partial charge < -0.3 is 11.1 Å². The highest BCUT2D eigenvalue weighted by Crippen LogP contribution is 2.27. The van der Waals surface area contributed by atoms with Crippen LogP contribution in [0.1, 0.15) is 19.8 Å². The van der Waals surface area contributed by atoms with E-state index in [1.54, 1.807) is 0 Å². The van der Waals surface area contributed by atoms with Crippen molar-refractivity contribution in [2.75, 3.05) is 11.1 Å². The molecule has 0 fully saturated rings. The van der Waals surface area contributed by atoms with Crippen molar-refractivity contribution >= 4 is 28.1 Å². The maximum atomic E-state index is 11.4. The first-order valence-electron chi connectivity index (χ1n) is 5.68. The number of benzene rings is 1. The Labute approximate surface area is 109 Å². The minimum absolute atomic E-state index is 0.0345. The van der Waals surface area contributed by atoms with Gasteiger partial charge in [0.25, 0.3) is 0 Å². The van der Waals surface area contributed by atoms with Gasteiger partial charge in [-0.3, -0.25) is 4.79 Å². The number of anilines is 2. The van der Waals surface area contributed by atoms with E-state index in [-0.39, 0.29) is 5.91 Å². The highest BCUT2D eigenvalue weighted by atomic mass is 32.1. The van der Waals surface area contributed by atoms with Crippen LogP contribution in [-0.4, -0.2) is 16.1 Å². The molecule has 0 aliphatic rings. The number of nitrogens with zero attached hydrogens (tertiary/aromatic N) is 2. The van der Waals surface area contributed by atoms with Crippen molar-refractivity contribution in [2.24, 2.45) is 0 Å². The van der Waals surface area contributed by atoms with Crippen molar-refractivity contribution in [3.63, 3.8) is 0 Å². The van der Waals surface area contributed by atoms with Gasteiger partial charge in [-0.15, -0.1) is 10.2 Å². The van der Waals surface area contributed by atoms with E-state index in [1.807, 2.05) is 31.2 Å². The van der Waals surface area contributed by atoms with Crippen LogP contribution in [0.4, 0.5) is 10.8 Å². The Morgan fingerprint density at radius 2 is 2.28 bits per heavy atom. The quantitative estimate of drug-likeness (QED) is 0.830. The van der Waals surface area contributed by atoms with Gasteiger partial charge in [0, 0.05) is 17.7 Å². The van der Waals surface area contributed by atoms with Gasteiger partial charge in [-0.2, -0.15) is 0 Å². The fraction of sp³-hybridized carbons (Fsp3) is 0.250. The molecule has 1 aromatic heterocycles. The van der Waals surface area contributed by atoms with Crippen molar-refractivity contribution in [2.45, 2.75) is 19.8 Å². The molecule has 0 aliphatic heterocycles. The number of hydrogen-bond acceptors (Lipinski definition) is 5. The predicted molar refractivity (Wildman–Crippen MR) is 73.3 cm³/mol. The minimum Gasteiger partial charge on any atom is -0.399 e. The molecule has 2 aromatic rings. The largest absolute Gasteiger partial charge is 0.399 e. The lowest BCUT2D eigenvalue weighted by atomic mass is 10.2. The molecule has 94 valence electrons. The summed E-state index contributed by atoms with van der Waals surface area (Å²) in [6.45, 7) is 1.96. The zero-order valence-electron chi connectivity index (χ0n) is 10.0. The van der Waals surface area contributed by atoms with Crippen molar-refractivity contribution in [1.29, 1.82) is 0 Å². The van der Waals surface area contributed by atoms with Crippen LogP contribution in [0.3, 0.4) is 0 Å². The summed E-state index contributed by atoms with van der Waals surface area (Å²) in [5, 5.41) is 12.0. The second-order valence-electron chi connectivity index (χ2n) is 3.84. The van der Waals surface area contributed by atoms with E-state index in [4.69, 9.17) is 5.73 Å². The van der Waals surface area contributed by atoms with E-state index in [9.17, 15) is 4.79 Å². The summed E-state index contributed by atoms with van der Waals surface area (Å²) in [6.07, 6.45) is 1.31. The monoisotopic (exact) mass is 262 g/mol. The molecule has 3 N–H and O–H groups in total. The van der Waals surface area contributed by atoms with Gasteiger partial charge in [-0.1, -0.05) is 30.4 Å². The minimum atomic E-state index is -0.0345. The highest BCUT2D eigenvalue weighted by Gasteiger charge is 2.09. The molecule has 0 spiro atoms. The topological polar surface area (TPSA) is 80.9 Å². The standard InChI is InChI=1S/C12H14N4OS/c1-2-4-10(17)14-12-16-15-11(18-12)8-5-3-6-9(13)7-8/h3,5-7H,2,4,13H2,1H3,(H,14,16,17). The molecule has 2 rings (SSSR count). The fourth-order valence-electron chi connectivity index (χ4n) is 1.47. The first-order chi connectivity index (χ1) is 8.69. The third-order valence-corrected chi connectivity index (χ3v) is 3.17. The molecule has 1 heterocycles. The maximum Gasteiger partial charge on any atom is 0.226 e. The molecule has 0 radical (unpaired) electrons. The number of nitrogens with one attached hydrogen (secondary N) is 1. The molecule has 0 saturated carbocycles. The Hall–Kier alpha value is -1.95. The average molecular weight is 262 g/mol. The van der Waals surface area contributed by atoms with Crippen LogP contribution in [0, 0.1) is 0 Å². The van der Waals surface area contributed by atoms with Gasteiger partial charge in [0.15, 0.2) is 0 Å². The van der Waals surface area contributed by atoms with E-state index in [0.29, 0.717) is 17.2 Å². The third-order valence-electron chi connectivity index (χ3n) is 2.28. The molecular formula is C12H14N4OS. The van der Waals surface area contributed by atoms with E-state index in [2.05, 4.69) is 15.5 Å². The molecular weight excluding hydrogens is 248 g/mol. The van der Waals surface area contributed by atoms with Crippen LogP contribution in [0.2, 0.25) is 0 Å². The summed E-state index contributed by atoms with van der Waals surface area (Å²) in [7, 11) is 0. The van der Waals surface area contributed by atoms with Crippen LogP contribution in [0.15, 0.2) is 24.3 Å². The molecule has 0 unspecified atom stereocenters. The molecule has 0 aliphatic carbocycles. The Kier molecular flexibility index (Phi) is 3.88. The smallest absolute Gasteiger partial charge is 0.226 e. The lowest BCUT2D eigenvalue weighted by molar-refractivity contribution is -0.116. The molecule has 1 amide bonds. The van der Waals surface area contributed by atoms with Gasteiger partial charge >= 0.3 is 0 Å². The van der Waals surface area contributed by atoms with E-state index < -0.39 is 0 Å². The number of nitrogens with two attached hydrogens (primary N) is 1. The Balaban J connectivity index is 2.13. The van der Waals surface area contributed by atoms with Crippen molar-refractivity contribution < 1.29 is 4.79 Å². The summed E-state index contributed by atoms with van der Waals surface area (Å²) >= 11 is 1.34. The van der Waals surface area contributed by atoms with Gasteiger partial charge in [-0.05, 0) is 18.6 Å². The van der Waals surface area contributed by atoms with Crippen LogP contribution in [0.5, 0.6) is 0 Å². The normalized spacial score (nSPS) is 10.3. The van der Waals surface area contributed by atoms with E-state index >= 15 is 0 Å². The summed E-state index contributed by atoms with van der Waals surface area (Å²) in [4.78, 5) is 11.4. The zero-order valence-corrected chi connectivity index (χ0v) is 10.8. The lowest BCUT2D eigenvalue weighted by Gasteiger charge is -1.97. The Morgan fingerprint density at radius 3 is 3.00 bits per heavy atom. The summed E-state index contributed by atoms with van der Waals surface area (Å²) < 4.78 is 0. The lowest BCUT2D eigenvalue weighted by Crippen LogP contribution is -2.10. The first kappa shape index (κ1) is 12.5. The van der Waals surface area contributed by atoms with Gasteiger partial charge in [-0.25, -0.2) is 0 Å². The number of carbonyl (C=O) groups excluding carboxylic acids is 1. The molecule has 0 atom stereocenters. The number of nitrogen functional groups attached to an aromatic ring is 1. The van der Waals surface area contributed by atoms with Crippen LogP contribution in [-0.2, 0) is 4.79 Å². The second-order valence-corrected chi connectivity index (χ2v) is 4.81. The molecule has 18 heavy (non-hydrogen) atoms. The van der Waals surface area contributed by atoms with E-state index in [0.717, 1.165) is 17.0 Å². The first-order valence-corrected chi connectivity index (χ1v) is 6.50. The third kappa shape index (κ3) is 3.04. The van der Waals surface area contributed by atoms with Crippen molar-refractivity contribution in [3.8, 4) is 10.6 Å². The number of amides is 1. The van der Waals surface area contributed by atoms with Crippen LogP contribution >= 0.6 is 11.3 Å². The number of aromatic nitrogens is 2. The van der Waals surface area contributed by atoms with Crippen LogP contribution < -0.4 is 11.1 Å². The van der Waals surface area contributed by atoms with Crippen LogP contribution in [0.25, 0.3) is 10.6 Å². The van der Waals surface area contributed by atoms with Crippen molar-refractivity contribution in [3.05, 3.63) is 24.3 Å². The zero-order chi connectivity index (χ0) is 13.0. The Bertz CT molecular complexity index is 553. The van der Waals surface area contributed by atoms with E-state index in [1.165, 1.54) is 11.3 Å². The molecule has 1 aromatic carbocycles. The summed E-state index contributed by atoms with van der Waals surface area (Å²) in [5.41, 5.74) is 7.30. The SMILES string of the molecule is CCCC(=O)Nc1nnc(-c2cccc(N)c2)s1. The molecule has 5 nitrogen and oxygen atoms in total. The number of hydrogen-bond donors (Lipinski definition) is 2. The second kappa shape index (κ2) is 5.59. The van der Waals surface area contributed by atoms with Gasteiger partial charge in [0.05, 0.1) is 0 Å². The highest BCUT2D eigenvalue weighted by molar-refractivity contribution is 7.18. The molecule has 0 bridgehead atoms. The molecule has 0 saturated heterocycles. The van der Waals surface area contributed by atoms with Gasteiger partial charge in [0.1, 0.15) is 5.01 Å². The van der Waals surface area contributed by atoms with Crippen molar-refractivity contribution in [1.82, 2.24) is 10.2 Å². The summed E-state index contributed by atoms with van der Waals surface area (Å²) in [6, 6.07) is 7.42. The number of carbonyl (C=O) groups is 1. The predicted octanol–water partition coefficient (Wildman–Crippen LogP) is 2.53. The van der Waals surface area contributed by atoms with Gasteiger partial charge in [0.2, 0.25) is 11.0 Å². The summed E-state index contributed by atoms with van der Waals surface area (Å²) in [5.74, 6) is -0.0345.